The quantitative estimate of drug-likeness (QED) is 0.755. The van der Waals surface area contributed by atoms with Crippen LogP contribution in [0.25, 0.3) is 5.69 Å². The maximum Gasteiger partial charge on any atom is 0.242 e. The van der Waals surface area contributed by atoms with E-state index in [9.17, 15) is 12.8 Å². The smallest absolute Gasteiger partial charge is 0.241 e. The van der Waals surface area contributed by atoms with E-state index >= 15 is 0 Å². The Labute approximate surface area is 143 Å². The van der Waals surface area contributed by atoms with E-state index in [1.807, 2.05) is 24.4 Å². The average molecular weight is 366 g/mol. The van der Waals surface area contributed by atoms with Gasteiger partial charge in [0, 0.05) is 18.9 Å². The Balaban J connectivity index is 1.73. The first-order valence-corrected chi connectivity index (χ1v) is 8.85. The number of hydrogen-bond acceptors (Lipinski definition) is 3. The molecular weight excluding hydrogens is 353 g/mol. The van der Waals surface area contributed by atoms with Crippen LogP contribution in [0, 0.1) is 5.82 Å². The van der Waals surface area contributed by atoms with Crippen LogP contribution in [-0.4, -0.2) is 18.2 Å². The van der Waals surface area contributed by atoms with Gasteiger partial charge in [0.25, 0.3) is 0 Å². The summed E-state index contributed by atoms with van der Waals surface area (Å²) in [5, 5.41) is 3.96. The number of rotatable bonds is 5. The monoisotopic (exact) mass is 365 g/mol. The molecule has 0 spiro atoms. The average Bonchev–Trinajstić information content (AvgIpc) is 3.07. The number of aromatic nitrogens is 2. The van der Waals surface area contributed by atoms with Crippen LogP contribution in [0.5, 0.6) is 0 Å². The minimum Gasteiger partial charge on any atom is -0.241 e. The highest BCUT2D eigenvalue weighted by Gasteiger charge is 2.18. The molecule has 24 heavy (non-hydrogen) atoms. The Morgan fingerprint density at radius 1 is 1.17 bits per heavy atom. The molecule has 0 unspecified atom stereocenters. The van der Waals surface area contributed by atoms with Gasteiger partial charge >= 0.3 is 0 Å². The van der Waals surface area contributed by atoms with Gasteiger partial charge < -0.3 is 0 Å². The third-order valence-electron chi connectivity index (χ3n) is 3.36. The Kier molecular flexibility index (Phi) is 4.66. The highest BCUT2D eigenvalue weighted by Crippen LogP contribution is 2.22. The molecule has 3 rings (SSSR count). The van der Waals surface area contributed by atoms with Gasteiger partial charge in [0.05, 0.1) is 10.7 Å². The summed E-state index contributed by atoms with van der Waals surface area (Å²) >= 11 is 5.80. The van der Waals surface area contributed by atoms with Crippen LogP contribution in [-0.2, 0) is 16.6 Å². The van der Waals surface area contributed by atoms with E-state index < -0.39 is 15.8 Å². The molecule has 8 heteroatoms. The predicted molar refractivity (Wildman–Crippen MR) is 89.0 cm³/mol. The minimum atomic E-state index is -3.83. The lowest BCUT2D eigenvalue weighted by Gasteiger charge is -2.09. The second-order valence-electron chi connectivity index (χ2n) is 5.02. The zero-order chi connectivity index (χ0) is 17.2. The summed E-state index contributed by atoms with van der Waals surface area (Å²) in [6.07, 6.45) is 3.49. The molecule has 1 heterocycles. The third kappa shape index (κ3) is 3.64. The topological polar surface area (TPSA) is 64.0 Å². The lowest BCUT2D eigenvalue weighted by Crippen LogP contribution is -2.23. The number of halogens is 2. The zero-order valence-electron chi connectivity index (χ0n) is 12.4. The Morgan fingerprint density at radius 2 is 1.92 bits per heavy atom. The SMILES string of the molecule is O=S(=O)(NCc1ccc(-n2cccn2)cc1)c1ccc(F)cc1Cl. The Bertz CT molecular complexity index is 942. The Hall–Kier alpha value is -2.22. The van der Waals surface area contributed by atoms with Crippen LogP contribution in [0.15, 0.2) is 65.8 Å². The standard InChI is InChI=1S/C16H13ClFN3O2S/c17-15-10-13(18)4-7-16(15)24(22,23)20-11-12-2-5-14(6-3-12)21-9-1-8-19-21/h1-10,20H,11H2. The van der Waals surface area contributed by atoms with Gasteiger partial charge in [-0.3, -0.25) is 0 Å². The second-order valence-corrected chi connectivity index (χ2v) is 7.16. The Morgan fingerprint density at radius 3 is 2.54 bits per heavy atom. The van der Waals surface area contributed by atoms with E-state index in [2.05, 4.69) is 9.82 Å². The molecule has 3 aromatic rings. The van der Waals surface area contributed by atoms with Crippen molar-refractivity contribution in [3.8, 4) is 5.69 Å². The van der Waals surface area contributed by atoms with Crippen LogP contribution >= 0.6 is 11.6 Å². The first-order chi connectivity index (χ1) is 11.5. The van der Waals surface area contributed by atoms with Crippen molar-refractivity contribution in [1.82, 2.24) is 14.5 Å². The molecule has 0 aliphatic carbocycles. The summed E-state index contributed by atoms with van der Waals surface area (Å²) in [7, 11) is -3.83. The van der Waals surface area contributed by atoms with Gasteiger partial charge in [-0.05, 0) is 42.0 Å². The van der Waals surface area contributed by atoms with E-state index in [-0.39, 0.29) is 16.5 Å². The lowest BCUT2D eigenvalue weighted by molar-refractivity contribution is 0.580. The van der Waals surface area contributed by atoms with Crippen molar-refractivity contribution in [3.05, 3.63) is 77.3 Å². The normalized spacial score (nSPS) is 11.6. The summed E-state index contributed by atoms with van der Waals surface area (Å²) in [6.45, 7) is 0.0927. The van der Waals surface area contributed by atoms with Gasteiger partial charge in [0.2, 0.25) is 10.0 Å². The van der Waals surface area contributed by atoms with Gasteiger partial charge in [0.1, 0.15) is 10.7 Å². The summed E-state index contributed by atoms with van der Waals surface area (Å²) in [5.74, 6) is -0.590. The van der Waals surface area contributed by atoms with Crippen molar-refractivity contribution in [3.63, 3.8) is 0 Å². The van der Waals surface area contributed by atoms with Gasteiger partial charge in [-0.2, -0.15) is 5.10 Å². The van der Waals surface area contributed by atoms with Gasteiger partial charge in [0.15, 0.2) is 0 Å². The summed E-state index contributed by atoms with van der Waals surface area (Å²) < 4.78 is 41.7. The molecule has 0 saturated carbocycles. The first-order valence-electron chi connectivity index (χ1n) is 6.99. The van der Waals surface area contributed by atoms with Crippen molar-refractivity contribution < 1.29 is 12.8 Å². The number of sulfonamides is 1. The molecule has 5 nitrogen and oxygen atoms in total. The molecule has 2 aromatic carbocycles. The molecule has 1 aromatic heterocycles. The summed E-state index contributed by atoms with van der Waals surface area (Å²) in [4.78, 5) is -0.154. The number of benzene rings is 2. The molecule has 124 valence electrons. The molecule has 0 saturated heterocycles. The molecule has 0 fully saturated rings. The number of nitrogens with zero attached hydrogens (tertiary/aromatic N) is 2. The molecular formula is C16H13ClFN3O2S. The van der Waals surface area contributed by atoms with E-state index in [0.717, 1.165) is 29.4 Å². The predicted octanol–water partition coefficient (Wildman–Crippen LogP) is 3.14. The van der Waals surface area contributed by atoms with Gasteiger partial charge in [-0.25, -0.2) is 22.2 Å². The molecule has 0 amide bonds. The van der Waals surface area contributed by atoms with E-state index in [1.165, 1.54) is 0 Å². The van der Waals surface area contributed by atoms with E-state index in [1.54, 1.807) is 23.0 Å². The van der Waals surface area contributed by atoms with Crippen molar-refractivity contribution in [2.75, 3.05) is 0 Å². The fourth-order valence-corrected chi connectivity index (χ4v) is 3.68. The van der Waals surface area contributed by atoms with Crippen molar-refractivity contribution in [1.29, 1.82) is 0 Å². The maximum atomic E-state index is 13.0. The molecule has 0 aliphatic rings. The molecule has 0 aliphatic heterocycles. The molecule has 1 N–H and O–H groups in total. The highest BCUT2D eigenvalue weighted by molar-refractivity contribution is 7.89. The van der Waals surface area contributed by atoms with Crippen LogP contribution in [0.1, 0.15) is 5.56 Å². The lowest BCUT2D eigenvalue weighted by atomic mass is 10.2. The van der Waals surface area contributed by atoms with E-state index in [4.69, 9.17) is 11.6 Å². The van der Waals surface area contributed by atoms with Crippen molar-refractivity contribution >= 4 is 21.6 Å². The highest BCUT2D eigenvalue weighted by atomic mass is 35.5. The summed E-state index contributed by atoms with van der Waals surface area (Å²) in [5.41, 5.74) is 1.64. The van der Waals surface area contributed by atoms with Crippen molar-refractivity contribution in [2.45, 2.75) is 11.4 Å². The zero-order valence-corrected chi connectivity index (χ0v) is 13.9. The van der Waals surface area contributed by atoms with Gasteiger partial charge in [-0.1, -0.05) is 23.7 Å². The third-order valence-corrected chi connectivity index (χ3v) is 5.24. The van der Waals surface area contributed by atoms with Gasteiger partial charge in [-0.15, -0.1) is 0 Å². The second kappa shape index (κ2) is 6.72. The number of nitrogens with one attached hydrogen (secondary N) is 1. The maximum absolute atomic E-state index is 13.0. The van der Waals surface area contributed by atoms with Crippen molar-refractivity contribution in [2.24, 2.45) is 0 Å². The fraction of sp³-hybridized carbons (Fsp3) is 0.0625. The molecule has 0 atom stereocenters. The van der Waals surface area contributed by atoms with Crippen LogP contribution < -0.4 is 4.72 Å². The fourth-order valence-electron chi connectivity index (χ4n) is 2.14. The largest absolute Gasteiger partial charge is 0.242 e. The number of hydrogen-bond donors (Lipinski definition) is 1. The van der Waals surface area contributed by atoms with Crippen LogP contribution in [0.2, 0.25) is 5.02 Å². The summed E-state index contributed by atoms with van der Waals surface area (Å²) in [6, 6.07) is 12.2. The van der Waals surface area contributed by atoms with Crippen LogP contribution in [0.3, 0.4) is 0 Å². The van der Waals surface area contributed by atoms with E-state index in [0.29, 0.717) is 0 Å². The molecule has 0 radical (unpaired) electrons. The van der Waals surface area contributed by atoms with Crippen LogP contribution in [0.4, 0.5) is 4.39 Å². The molecule has 0 bridgehead atoms. The minimum absolute atomic E-state index is 0.0927. The first kappa shape index (κ1) is 16.6.